The number of anilines is 1. The molecule has 2 aliphatic rings. The van der Waals surface area contributed by atoms with Crippen LogP contribution in [0.1, 0.15) is 60.2 Å². The molecular weight excluding hydrogens is 346 g/mol. The summed E-state index contributed by atoms with van der Waals surface area (Å²) >= 11 is 1.52. The molecule has 4 N–H and O–H groups in total. The van der Waals surface area contributed by atoms with E-state index in [-0.39, 0.29) is 5.91 Å². The van der Waals surface area contributed by atoms with Gasteiger partial charge in [-0.15, -0.1) is 11.3 Å². The number of thiophene rings is 1. The average Bonchev–Trinajstić information content (AvgIpc) is 3.05. The first-order valence-electron chi connectivity index (χ1n) is 9.56. The van der Waals surface area contributed by atoms with Crippen molar-refractivity contribution in [2.75, 3.05) is 5.32 Å². The Balaban J connectivity index is 1.30. The number of carbonyl (C=O) groups is 1. The largest absolute Gasteiger partial charge is 0.328 e. The highest BCUT2D eigenvalue weighted by molar-refractivity contribution is 7.12. The lowest BCUT2D eigenvalue weighted by molar-refractivity contribution is 0.103. The van der Waals surface area contributed by atoms with Crippen molar-refractivity contribution in [3.8, 4) is 0 Å². The van der Waals surface area contributed by atoms with Gasteiger partial charge in [0.05, 0.1) is 16.8 Å². The van der Waals surface area contributed by atoms with Gasteiger partial charge in [-0.05, 0) is 56.0 Å². The smallest absolute Gasteiger partial charge is 0.265 e. The lowest BCUT2D eigenvalue weighted by atomic mass is 9.92. The van der Waals surface area contributed by atoms with Crippen LogP contribution in [-0.4, -0.2) is 33.8 Å². The molecular formula is C19H27N5OS. The number of nitrogens with one attached hydrogen (secondary N) is 2. The Kier molecular flexibility index (Phi) is 5.11. The van der Waals surface area contributed by atoms with Crippen molar-refractivity contribution in [2.24, 2.45) is 5.73 Å². The summed E-state index contributed by atoms with van der Waals surface area (Å²) in [6.07, 6.45) is 9.35. The number of aryl methyl sites for hydroxylation is 1. The van der Waals surface area contributed by atoms with Crippen molar-refractivity contribution in [3.05, 3.63) is 34.3 Å². The molecule has 0 bridgehead atoms. The summed E-state index contributed by atoms with van der Waals surface area (Å²) in [5, 5.41) is 13.0. The van der Waals surface area contributed by atoms with Gasteiger partial charge in [-0.3, -0.25) is 9.48 Å². The topological polar surface area (TPSA) is 85.0 Å². The standard InChI is InChI=1S/C19H27N5OS/c1-2-24-10-15(9-21-24)23-19(25)18-7-12(11-26-18)16-8-17(16)22-14-5-3-13(20)4-6-14/h7,9-11,13-14,16-17,22H,2-6,8,20H2,1H3,(H,23,25). The van der Waals surface area contributed by atoms with Crippen molar-refractivity contribution in [1.29, 1.82) is 0 Å². The van der Waals surface area contributed by atoms with Gasteiger partial charge in [0.15, 0.2) is 0 Å². The van der Waals surface area contributed by atoms with E-state index >= 15 is 0 Å². The Labute approximate surface area is 158 Å². The molecule has 2 atom stereocenters. The molecule has 0 aromatic carbocycles. The maximum absolute atomic E-state index is 12.4. The fraction of sp³-hybridized carbons (Fsp3) is 0.579. The molecule has 2 aliphatic carbocycles. The van der Waals surface area contributed by atoms with E-state index in [0.29, 0.717) is 24.0 Å². The predicted octanol–water partition coefficient (Wildman–Crippen LogP) is 2.93. The van der Waals surface area contributed by atoms with E-state index in [0.717, 1.165) is 30.0 Å². The number of aromatic nitrogens is 2. The minimum absolute atomic E-state index is 0.0525. The van der Waals surface area contributed by atoms with Gasteiger partial charge in [-0.1, -0.05) is 0 Å². The van der Waals surface area contributed by atoms with E-state index in [1.165, 1.54) is 36.2 Å². The molecule has 2 fully saturated rings. The van der Waals surface area contributed by atoms with E-state index < -0.39 is 0 Å². The second-order valence-electron chi connectivity index (χ2n) is 7.51. The normalized spacial score (nSPS) is 28.1. The zero-order valence-corrected chi connectivity index (χ0v) is 16.0. The molecule has 2 unspecified atom stereocenters. The first kappa shape index (κ1) is 17.7. The Morgan fingerprint density at radius 2 is 2.19 bits per heavy atom. The summed E-state index contributed by atoms with van der Waals surface area (Å²) in [6.45, 7) is 2.81. The van der Waals surface area contributed by atoms with E-state index in [4.69, 9.17) is 5.73 Å². The average molecular weight is 374 g/mol. The number of amides is 1. The van der Waals surface area contributed by atoms with Gasteiger partial charge < -0.3 is 16.4 Å². The van der Waals surface area contributed by atoms with Crippen LogP contribution in [0.15, 0.2) is 23.8 Å². The van der Waals surface area contributed by atoms with Gasteiger partial charge in [-0.25, -0.2) is 0 Å². The van der Waals surface area contributed by atoms with E-state index in [9.17, 15) is 4.79 Å². The number of hydrogen-bond donors (Lipinski definition) is 3. The van der Waals surface area contributed by atoms with Gasteiger partial charge in [0.2, 0.25) is 0 Å². The van der Waals surface area contributed by atoms with Gasteiger partial charge >= 0.3 is 0 Å². The van der Waals surface area contributed by atoms with Crippen LogP contribution in [0.4, 0.5) is 5.69 Å². The second-order valence-corrected chi connectivity index (χ2v) is 8.42. The summed E-state index contributed by atoms with van der Waals surface area (Å²) in [4.78, 5) is 13.2. The van der Waals surface area contributed by atoms with Crippen LogP contribution < -0.4 is 16.4 Å². The molecule has 2 heterocycles. The monoisotopic (exact) mass is 373 g/mol. The summed E-state index contributed by atoms with van der Waals surface area (Å²) in [5.41, 5.74) is 8.02. The molecule has 0 saturated heterocycles. The van der Waals surface area contributed by atoms with Crippen LogP contribution in [-0.2, 0) is 6.54 Å². The fourth-order valence-corrected chi connectivity index (χ4v) is 4.66. The molecule has 140 valence electrons. The zero-order chi connectivity index (χ0) is 18.1. The van der Waals surface area contributed by atoms with Crippen LogP contribution in [0, 0.1) is 0 Å². The van der Waals surface area contributed by atoms with E-state index in [1.54, 1.807) is 10.9 Å². The quantitative estimate of drug-likeness (QED) is 0.727. The minimum atomic E-state index is -0.0525. The molecule has 4 rings (SSSR count). The van der Waals surface area contributed by atoms with Crippen LogP contribution in [0.25, 0.3) is 0 Å². The van der Waals surface area contributed by atoms with Crippen LogP contribution in [0.3, 0.4) is 0 Å². The van der Waals surface area contributed by atoms with Crippen molar-refractivity contribution in [3.63, 3.8) is 0 Å². The Hall–Kier alpha value is -1.70. The molecule has 1 amide bonds. The third-order valence-corrected chi connectivity index (χ3v) is 6.45. The molecule has 6 nitrogen and oxygen atoms in total. The predicted molar refractivity (Wildman–Crippen MR) is 105 cm³/mol. The van der Waals surface area contributed by atoms with Gasteiger partial charge in [0.1, 0.15) is 0 Å². The summed E-state index contributed by atoms with van der Waals surface area (Å²) in [7, 11) is 0. The molecule has 0 spiro atoms. The molecule has 2 saturated carbocycles. The van der Waals surface area contributed by atoms with Crippen molar-refractivity contribution < 1.29 is 4.79 Å². The van der Waals surface area contributed by atoms with Gasteiger partial charge in [0, 0.05) is 36.8 Å². The van der Waals surface area contributed by atoms with Gasteiger partial charge in [0.25, 0.3) is 5.91 Å². The first-order valence-corrected chi connectivity index (χ1v) is 10.4. The SMILES string of the molecule is CCn1cc(NC(=O)c2cc(C3CC3NC3CCC(N)CC3)cs2)cn1. The van der Waals surface area contributed by atoms with Crippen LogP contribution >= 0.6 is 11.3 Å². The molecule has 2 aromatic rings. The lowest BCUT2D eigenvalue weighted by Gasteiger charge is -2.27. The van der Waals surface area contributed by atoms with E-state index in [1.807, 2.05) is 19.2 Å². The summed E-state index contributed by atoms with van der Waals surface area (Å²) < 4.78 is 1.80. The van der Waals surface area contributed by atoms with Crippen LogP contribution in [0.5, 0.6) is 0 Å². The molecule has 0 radical (unpaired) electrons. The molecule has 2 aromatic heterocycles. The lowest BCUT2D eigenvalue weighted by Crippen LogP contribution is -2.38. The minimum Gasteiger partial charge on any atom is -0.328 e. The summed E-state index contributed by atoms with van der Waals surface area (Å²) in [6, 6.07) is 3.61. The Morgan fingerprint density at radius 3 is 2.92 bits per heavy atom. The molecule has 0 aliphatic heterocycles. The van der Waals surface area contributed by atoms with Crippen LogP contribution in [0.2, 0.25) is 0 Å². The van der Waals surface area contributed by atoms with Crippen molar-refractivity contribution in [1.82, 2.24) is 15.1 Å². The molecule has 26 heavy (non-hydrogen) atoms. The van der Waals surface area contributed by atoms with E-state index in [2.05, 4.69) is 21.1 Å². The van der Waals surface area contributed by atoms with Gasteiger partial charge in [-0.2, -0.15) is 5.10 Å². The third kappa shape index (κ3) is 4.00. The number of hydrogen-bond acceptors (Lipinski definition) is 5. The maximum Gasteiger partial charge on any atom is 0.265 e. The number of nitrogens with zero attached hydrogens (tertiary/aromatic N) is 2. The Morgan fingerprint density at radius 1 is 1.38 bits per heavy atom. The summed E-state index contributed by atoms with van der Waals surface area (Å²) in [5.74, 6) is 0.495. The first-order chi connectivity index (χ1) is 12.6. The fourth-order valence-electron chi connectivity index (χ4n) is 3.79. The highest BCUT2D eigenvalue weighted by atomic mass is 32.1. The number of nitrogens with two attached hydrogens (primary N) is 1. The van der Waals surface area contributed by atoms with Crippen molar-refractivity contribution >= 4 is 22.9 Å². The number of carbonyl (C=O) groups excluding carboxylic acids is 1. The molecule has 7 heteroatoms. The highest BCUT2D eigenvalue weighted by Crippen LogP contribution is 2.43. The Bertz CT molecular complexity index is 762. The zero-order valence-electron chi connectivity index (χ0n) is 15.1. The third-order valence-electron chi connectivity index (χ3n) is 5.50. The highest BCUT2D eigenvalue weighted by Gasteiger charge is 2.40. The van der Waals surface area contributed by atoms with Crippen molar-refractivity contribution in [2.45, 2.75) is 69.6 Å². The second kappa shape index (κ2) is 7.50. The maximum atomic E-state index is 12.4. The number of rotatable bonds is 6.